The maximum atomic E-state index is 12.3. The number of carbonyl (C=O) groups excluding carboxylic acids is 2. The fourth-order valence-electron chi connectivity index (χ4n) is 2.58. The number of likely N-dealkylation sites (tertiary alicyclic amines) is 1. The van der Waals surface area contributed by atoms with Crippen LogP contribution in [0.25, 0.3) is 11.3 Å². The Hall–Kier alpha value is -2.47. The minimum atomic E-state index is -0.192. The lowest BCUT2D eigenvalue weighted by molar-refractivity contribution is -0.125. The first-order valence-corrected chi connectivity index (χ1v) is 8.28. The monoisotopic (exact) mass is 327 g/mol. The second-order valence-corrected chi connectivity index (χ2v) is 6.23. The first kappa shape index (κ1) is 15.4. The fourth-order valence-corrected chi connectivity index (χ4v) is 3.31. The van der Waals surface area contributed by atoms with Gasteiger partial charge in [0.15, 0.2) is 5.13 Å². The van der Waals surface area contributed by atoms with E-state index in [1.807, 2.05) is 35.7 Å². The zero-order chi connectivity index (χ0) is 16.2. The van der Waals surface area contributed by atoms with E-state index in [-0.39, 0.29) is 17.7 Å². The van der Waals surface area contributed by atoms with Crippen molar-refractivity contribution >= 4 is 28.3 Å². The van der Waals surface area contributed by atoms with Crippen molar-refractivity contribution in [1.82, 2.24) is 9.88 Å². The van der Waals surface area contributed by atoms with Gasteiger partial charge in [0, 0.05) is 24.0 Å². The average molecular weight is 327 g/mol. The van der Waals surface area contributed by atoms with E-state index >= 15 is 0 Å². The molecule has 5 nitrogen and oxygen atoms in total. The van der Waals surface area contributed by atoms with Crippen LogP contribution in [-0.4, -0.2) is 34.8 Å². The van der Waals surface area contributed by atoms with Gasteiger partial charge in [0.2, 0.25) is 11.8 Å². The molecule has 3 rings (SSSR count). The van der Waals surface area contributed by atoms with Crippen LogP contribution in [0, 0.1) is 5.92 Å². The highest BCUT2D eigenvalue weighted by Crippen LogP contribution is 2.26. The summed E-state index contributed by atoms with van der Waals surface area (Å²) in [6.45, 7) is 4.51. The summed E-state index contributed by atoms with van der Waals surface area (Å²) < 4.78 is 0. The lowest BCUT2D eigenvalue weighted by Gasteiger charge is -2.13. The van der Waals surface area contributed by atoms with Crippen molar-refractivity contribution in [3.05, 3.63) is 48.4 Å². The second kappa shape index (κ2) is 6.75. The highest BCUT2D eigenvalue weighted by molar-refractivity contribution is 7.14. The van der Waals surface area contributed by atoms with E-state index < -0.39 is 0 Å². The number of thiazole rings is 1. The maximum Gasteiger partial charge on any atom is 0.245 e. The van der Waals surface area contributed by atoms with Gasteiger partial charge in [-0.25, -0.2) is 4.98 Å². The van der Waals surface area contributed by atoms with Crippen LogP contribution in [0.3, 0.4) is 0 Å². The molecule has 0 aliphatic carbocycles. The number of hydrogen-bond donors (Lipinski definition) is 1. The summed E-state index contributed by atoms with van der Waals surface area (Å²) in [6.07, 6.45) is 1.95. The molecule has 1 aliphatic heterocycles. The Morgan fingerprint density at radius 1 is 1.35 bits per heavy atom. The molecule has 1 saturated heterocycles. The molecule has 0 spiro atoms. The predicted molar refractivity (Wildman–Crippen MR) is 91.1 cm³/mol. The highest BCUT2D eigenvalue weighted by Gasteiger charge is 2.30. The fraction of sp³-hybridized carbons (Fsp3) is 0.235. The van der Waals surface area contributed by atoms with Gasteiger partial charge in [-0.15, -0.1) is 11.3 Å². The summed E-state index contributed by atoms with van der Waals surface area (Å²) in [7, 11) is 0. The first-order valence-electron chi connectivity index (χ1n) is 7.40. The number of benzene rings is 1. The molecule has 2 aromatic rings. The summed E-state index contributed by atoms with van der Waals surface area (Å²) in [6, 6.07) is 9.83. The van der Waals surface area contributed by atoms with Crippen molar-refractivity contribution in [3.63, 3.8) is 0 Å². The van der Waals surface area contributed by atoms with Gasteiger partial charge >= 0.3 is 0 Å². The quantitative estimate of drug-likeness (QED) is 0.878. The van der Waals surface area contributed by atoms with Crippen LogP contribution in [0.1, 0.15) is 6.42 Å². The van der Waals surface area contributed by atoms with Crippen LogP contribution in [0.2, 0.25) is 0 Å². The van der Waals surface area contributed by atoms with Crippen molar-refractivity contribution in [1.29, 1.82) is 0 Å². The third-order valence-corrected chi connectivity index (χ3v) is 4.61. The summed E-state index contributed by atoms with van der Waals surface area (Å²) in [5, 5.41) is 5.37. The molecular weight excluding hydrogens is 310 g/mol. The molecule has 118 valence electrons. The van der Waals surface area contributed by atoms with E-state index in [1.165, 1.54) is 17.4 Å². The van der Waals surface area contributed by atoms with Crippen LogP contribution in [-0.2, 0) is 9.59 Å². The lowest BCUT2D eigenvalue weighted by Crippen LogP contribution is -2.30. The Morgan fingerprint density at radius 3 is 2.87 bits per heavy atom. The number of anilines is 1. The number of amides is 2. The largest absolute Gasteiger partial charge is 0.338 e. The molecule has 0 bridgehead atoms. The Labute approximate surface area is 138 Å². The van der Waals surface area contributed by atoms with Crippen molar-refractivity contribution in [2.24, 2.45) is 5.92 Å². The van der Waals surface area contributed by atoms with E-state index in [4.69, 9.17) is 0 Å². The number of nitrogens with one attached hydrogen (secondary N) is 1. The molecule has 6 heteroatoms. The average Bonchev–Trinajstić information content (AvgIpc) is 3.24. The molecule has 1 aromatic carbocycles. The summed E-state index contributed by atoms with van der Waals surface area (Å²) in [5.41, 5.74) is 1.87. The SMILES string of the molecule is C=CC(=O)N1CC[C@H](C(=O)Nc2nc(-c3ccccc3)cs2)C1. The molecule has 2 heterocycles. The number of nitrogens with zero attached hydrogens (tertiary/aromatic N) is 2. The lowest BCUT2D eigenvalue weighted by atomic mass is 10.1. The van der Waals surface area contributed by atoms with Crippen LogP contribution < -0.4 is 5.32 Å². The number of aromatic nitrogens is 1. The van der Waals surface area contributed by atoms with Crippen LogP contribution in [0.4, 0.5) is 5.13 Å². The minimum Gasteiger partial charge on any atom is -0.338 e. The normalized spacial score (nSPS) is 17.0. The number of carbonyl (C=O) groups is 2. The Morgan fingerprint density at radius 2 is 2.13 bits per heavy atom. The Kier molecular flexibility index (Phi) is 4.52. The molecule has 2 amide bonds. The van der Waals surface area contributed by atoms with E-state index in [0.29, 0.717) is 24.6 Å². The van der Waals surface area contributed by atoms with Gasteiger partial charge in [-0.2, -0.15) is 0 Å². The molecule has 0 radical (unpaired) electrons. The smallest absolute Gasteiger partial charge is 0.245 e. The number of rotatable bonds is 4. The van der Waals surface area contributed by atoms with Gasteiger partial charge in [-0.05, 0) is 12.5 Å². The van der Waals surface area contributed by atoms with Gasteiger partial charge < -0.3 is 10.2 Å². The summed E-state index contributed by atoms with van der Waals surface area (Å²) in [4.78, 5) is 30.0. The molecule has 0 unspecified atom stereocenters. The summed E-state index contributed by atoms with van der Waals surface area (Å²) in [5.74, 6) is -0.401. The molecule has 1 N–H and O–H groups in total. The molecule has 1 fully saturated rings. The molecule has 0 saturated carbocycles. The summed E-state index contributed by atoms with van der Waals surface area (Å²) >= 11 is 1.40. The van der Waals surface area contributed by atoms with Crippen LogP contribution in [0.15, 0.2) is 48.4 Å². The van der Waals surface area contributed by atoms with E-state index in [1.54, 1.807) is 4.90 Å². The van der Waals surface area contributed by atoms with Gasteiger partial charge in [0.05, 0.1) is 11.6 Å². The molecule has 23 heavy (non-hydrogen) atoms. The predicted octanol–water partition coefficient (Wildman–Crippen LogP) is 2.78. The van der Waals surface area contributed by atoms with Gasteiger partial charge in [-0.3, -0.25) is 9.59 Å². The highest BCUT2D eigenvalue weighted by atomic mass is 32.1. The van der Waals surface area contributed by atoms with E-state index in [0.717, 1.165) is 11.3 Å². The Bertz CT molecular complexity index is 726. The van der Waals surface area contributed by atoms with Crippen molar-refractivity contribution in [3.8, 4) is 11.3 Å². The van der Waals surface area contributed by atoms with Gasteiger partial charge in [-0.1, -0.05) is 36.9 Å². The van der Waals surface area contributed by atoms with E-state index in [9.17, 15) is 9.59 Å². The third-order valence-electron chi connectivity index (χ3n) is 3.85. The molecule has 1 atom stereocenters. The Balaban J connectivity index is 1.62. The van der Waals surface area contributed by atoms with Gasteiger partial charge in [0.25, 0.3) is 0 Å². The van der Waals surface area contributed by atoms with Crippen molar-refractivity contribution in [2.75, 3.05) is 18.4 Å². The zero-order valence-electron chi connectivity index (χ0n) is 12.6. The zero-order valence-corrected chi connectivity index (χ0v) is 13.4. The van der Waals surface area contributed by atoms with Crippen molar-refractivity contribution < 1.29 is 9.59 Å². The van der Waals surface area contributed by atoms with Crippen LogP contribution >= 0.6 is 11.3 Å². The molecule has 1 aliphatic rings. The molecule has 1 aromatic heterocycles. The third kappa shape index (κ3) is 3.48. The molecular formula is C17H17N3O2S. The van der Waals surface area contributed by atoms with E-state index in [2.05, 4.69) is 16.9 Å². The topological polar surface area (TPSA) is 62.3 Å². The minimum absolute atomic E-state index is 0.0849. The standard InChI is InChI=1S/C17H17N3O2S/c1-2-15(21)20-9-8-13(10-20)16(22)19-17-18-14(11-23-17)12-6-4-3-5-7-12/h2-7,11,13H,1,8-10H2,(H,18,19,22)/t13-/m0/s1. The number of hydrogen-bond acceptors (Lipinski definition) is 4. The maximum absolute atomic E-state index is 12.3. The van der Waals surface area contributed by atoms with Crippen LogP contribution in [0.5, 0.6) is 0 Å². The van der Waals surface area contributed by atoms with Crippen molar-refractivity contribution in [2.45, 2.75) is 6.42 Å². The second-order valence-electron chi connectivity index (χ2n) is 5.37. The first-order chi connectivity index (χ1) is 11.2. The van der Waals surface area contributed by atoms with Gasteiger partial charge in [0.1, 0.15) is 0 Å².